The molecular formula is C14H20N4O. The number of anilines is 2. The van der Waals surface area contributed by atoms with Gasteiger partial charge in [0.15, 0.2) is 0 Å². The number of hydrogen-bond donors (Lipinski definition) is 3. The van der Waals surface area contributed by atoms with Gasteiger partial charge in [0.2, 0.25) is 5.91 Å². The molecule has 1 aromatic carbocycles. The first kappa shape index (κ1) is 14.8. The number of hydrogen-bond acceptors (Lipinski definition) is 4. The van der Waals surface area contributed by atoms with Crippen LogP contribution in [0.5, 0.6) is 0 Å². The number of nitrogen functional groups attached to an aromatic ring is 1. The van der Waals surface area contributed by atoms with Crippen molar-refractivity contribution < 1.29 is 4.79 Å². The summed E-state index contributed by atoms with van der Waals surface area (Å²) in [5.74, 6) is 0.360. The first-order chi connectivity index (χ1) is 8.93. The second-order valence-electron chi connectivity index (χ2n) is 4.92. The van der Waals surface area contributed by atoms with E-state index in [1.807, 2.05) is 19.9 Å². The van der Waals surface area contributed by atoms with Gasteiger partial charge in [-0.3, -0.25) is 4.79 Å². The summed E-state index contributed by atoms with van der Waals surface area (Å²) in [6, 6.07) is 6.67. The van der Waals surface area contributed by atoms with Crippen molar-refractivity contribution in [3.05, 3.63) is 23.8 Å². The molecule has 0 fully saturated rings. The highest BCUT2D eigenvalue weighted by atomic mass is 16.2. The van der Waals surface area contributed by atoms with Crippen molar-refractivity contribution in [1.29, 1.82) is 5.26 Å². The summed E-state index contributed by atoms with van der Waals surface area (Å²) < 4.78 is 0. The molecule has 102 valence electrons. The lowest BCUT2D eigenvalue weighted by Gasteiger charge is -2.16. The predicted octanol–water partition coefficient (Wildman–Crippen LogP) is 1.71. The van der Waals surface area contributed by atoms with Crippen molar-refractivity contribution in [1.82, 2.24) is 5.32 Å². The van der Waals surface area contributed by atoms with Gasteiger partial charge in [-0.2, -0.15) is 5.26 Å². The Morgan fingerprint density at radius 2 is 2.11 bits per heavy atom. The average molecular weight is 260 g/mol. The molecule has 5 heteroatoms. The molecule has 1 atom stereocenters. The van der Waals surface area contributed by atoms with E-state index in [-0.39, 0.29) is 11.9 Å². The van der Waals surface area contributed by atoms with Gasteiger partial charge >= 0.3 is 0 Å². The summed E-state index contributed by atoms with van der Waals surface area (Å²) in [5.41, 5.74) is 7.28. The fraction of sp³-hybridized carbons (Fsp3) is 0.429. The number of nitrogens with one attached hydrogen (secondary N) is 2. The smallest absolute Gasteiger partial charge is 0.242 e. The van der Waals surface area contributed by atoms with Gasteiger partial charge in [0, 0.05) is 12.2 Å². The zero-order chi connectivity index (χ0) is 14.4. The fourth-order valence-corrected chi connectivity index (χ4v) is 1.53. The lowest BCUT2D eigenvalue weighted by molar-refractivity contribution is -0.121. The standard InChI is InChI=1S/C14H20N4O/c1-9(2)8-17-14(19)10(3)18-12-5-4-11(7-15)13(16)6-12/h4-6,9-10,18H,8,16H2,1-3H3,(H,17,19). The second-order valence-corrected chi connectivity index (χ2v) is 4.92. The van der Waals surface area contributed by atoms with Gasteiger partial charge in [-0.05, 0) is 31.0 Å². The number of amides is 1. The summed E-state index contributed by atoms with van der Waals surface area (Å²) in [6.07, 6.45) is 0. The number of nitriles is 1. The van der Waals surface area contributed by atoms with Crippen molar-refractivity contribution in [2.45, 2.75) is 26.8 Å². The molecule has 0 aliphatic carbocycles. The molecule has 1 rings (SSSR count). The van der Waals surface area contributed by atoms with E-state index in [4.69, 9.17) is 11.0 Å². The van der Waals surface area contributed by atoms with Crippen molar-refractivity contribution in [3.8, 4) is 6.07 Å². The first-order valence-electron chi connectivity index (χ1n) is 6.28. The molecular weight excluding hydrogens is 240 g/mol. The van der Waals surface area contributed by atoms with Crippen LogP contribution < -0.4 is 16.4 Å². The zero-order valence-corrected chi connectivity index (χ0v) is 11.5. The molecule has 0 aliphatic rings. The van der Waals surface area contributed by atoms with E-state index in [9.17, 15) is 4.79 Å². The van der Waals surface area contributed by atoms with E-state index in [0.717, 1.165) is 5.69 Å². The molecule has 4 N–H and O–H groups in total. The van der Waals surface area contributed by atoms with Crippen molar-refractivity contribution in [2.75, 3.05) is 17.6 Å². The van der Waals surface area contributed by atoms with Crippen LogP contribution in [0.3, 0.4) is 0 Å². The molecule has 5 nitrogen and oxygen atoms in total. The third-order valence-electron chi connectivity index (χ3n) is 2.63. The molecule has 0 aliphatic heterocycles. The number of carbonyl (C=O) groups excluding carboxylic acids is 1. The normalized spacial score (nSPS) is 11.7. The van der Waals surface area contributed by atoms with Gasteiger partial charge in [-0.1, -0.05) is 13.8 Å². The Kier molecular flexibility index (Phi) is 5.19. The Labute approximate surface area is 113 Å². The predicted molar refractivity (Wildman–Crippen MR) is 76.5 cm³/mol. The SMILES string of the molecule is CC(C)CNC(=O)C(C)Nc1ccc(C#N)c(N)c1. The molecule has 0 aromatic heterocycles. The molecule has 0 saturated carbocycles. The van der Waals surface area contributed by atoms with E-state index in [0.29, 0.717) is 23.7 Å². The third-order valence-corrected chi connectivity index (χ3v) is 2.63. The third kappa shape index (κ3) is 4.51. The Morgan fingerprint density at radius 1 is 1.42 bits per heavy atom. The Morgan fingerprint density at radius 3 is 2.63 bits per heavy atom. The van der Waals surface area contributed by atoms with Crippen LogP contribution in [0.4, 0.5) is 11.4 Å². The van der Waals surface area contributed by atoms with Crippen LogP contribution in [0.25, 0.3) is 0 Å². The topological polar surface area (TPSA) is 90.9 Å². The molecule has 19 heavy (non-hydrogen) atoms. The number of nitrogens with zero attached hydrogens (tertiary/aromatic N) is 1. The number of carbonyl (C=O) groups is 1. The molecule has 0 spiro atoms. The Balaban J connectivity index is 2.62. The van der Waals surface area contributed by atoms with E-state index in [1.54, 1.807) is 25.1 Å². The first-order valence-corrected chi connectivity index (χ1v) is 6.28. The number of rotatable bonds is 5. The van der Waals surface area contributed by atoms with Crippen molar-refractivity contribution in [3.63, 3.8) is 0 Å². The van der Waals surface area contributed by atoms with Gasteiger partial charge in [-0.15, -0.1) is 0 Å². The van der Waals surface area contributed by atoms with Crippen LogP contribution in [-0.2, 0) is 4.79 Å². The average Bonchev–Trinajstić information content (AvgIpc) is 2.36. The van der Waals surface area contributed by atoms with Crippen molar-refractivity contribution >= 4 is 17.3 Å². The highest BCUT2D eigenvalue weighted by Crippen LogP contribution is 2.17. The minimum atomic E-state index is -0.355. The van der Waals surface area contributed by atoms with Crippen LogP contribution in [0.1, 0.15) is 26.3 Å². The minimum Gasteiger partial charge on any atom is -0.398 e. The van der Waals surface area contributed by atoms with Gasteiger partial charge < -0.3 is 16.4 Å². The molecule has 1 amide bonds. The molecule has 0 radical (unpaired) electrons. The summed E-state index contributed by atoms with van der Waals surface area (Å²) in [6.45, 7) is 6.52. The summed E-state index contributed by atoms with van der Waals surface area (Å²) in [4.78, 5) is 11.8. The lowest BCUT2D eigenvalue weighted by Crippen LogP contribution is -2.39. The van der Waals surface area contributed by atoms with Crippen LogP contribution >= 0.6 is 0 Å². The van der Waals surface area contributed by atoms with Gasteiger partial charge in [0.25, 0.3) is 0 Å². The Hall–Kier alpha value is -2.22. The largest absolute Gasteiger partial charge is 0.398 e. The Bertz CT molecular complexity index is 491. The monoisotopic (exact) mass is 260 g/mol. The maximum atomic E-state index is 11.8. The molecule has 0 saturated heterocycles. The van der Waals surface area contributed by atoms with E-state index < -0.39 is 0 Å². The fourth-order valence-electron chi connectivity index (χ4n) is 1.53. The summed E-state index contributed by atoms with van der Waals surface area (Å²) in [7, 11) is 0. The second kappa shape index (κ2) is 6.64. The van der Waals surface area contributed by atoms with Crippen molar-refractivity contribution in [2.24, 2.45) is 5.92 Å². The summed E-state index contributed by atoms with van der Waals surface area (Å²) >= 11 is 0. The molecule has 1 unspecified atom stereocenters. The van der Waals surface area contributed by atoms with E-state index in [1.165, 1.54) is 0 Å². The zero-order valence-electron chi connectivity index (χ0n) is 11.5. The number of nitrogens with two attached hydrogens (primary N) is 1. The maximum absolute atomic E-state index is 11.8. The van der Waals surface area contributed by atoms with E-state index in [2.05, 4.69) is 10.6 Å². The summed E-state index contributed by atoms with van der Waals surface area (Å²) in [5, 5.41) is 14.7. The minimum absolute atomic E-state index is 0.0587. The van der Waals surface area contributed by atoms with Crippen LogP contribution in [0.2, 0.25) is 0 Å². The van der Waals surface area contributed by atoms with Crippen LogP contribution in [0.15, 0.2) is 18.2 Å². The lowest BCUT2D eigenvalue weighted by atomic mass is 10.1. The molecule has 0 bridgehead atoms. The highest BCUT2D eigenvalue weighted by molar-refractivity contribution is 5.84. The van der Waals surface area contributed by atoms with Crippen LogP contribution in [-0.4, -0.2) is 18.5 Å². The van der Waals surface area contributed by atoms with E-state index >= 15 is 0 Å². The number of benzene rings is 1. The molecule has 0 heterocycles. The highest BCUT2D eigenvalue weighted by Gasteiger charge is 2.12. The van der Waals surface area contributed by atoms with Gasteiger partial charge in [0.05, 0.1) is 11.3 Å². The van der Waals surface area contributed by atoms with Crippen LogP contribution in [0, 0.1) is 17.2 Å². The van der Waals surface area contributed by atoms with Gasteiger partial charge in [-0.25, -0.2) is 0 Å². The molecule has 1 aromatic rings. The van der Waals surface area contributed by atoms with Gasteiger partial charge in [0.1, 0.15) is 12.1 Å². The maximum Gasteiger partial charge on any atom is 0.242 e. The quantitative estimate of drug-likeness (QED) is 0.703.